The highest BCUT2D eigenvalue weighted by molar-refractivity contribution is 6.99. The first-order chi connectivity index (χ1) is 15.9. The molecule has 4 heteroatoms. The number of ether oxygens (including phenoxy) is 1. The second-order valence-electron chi connectivity index (χ2n) is 9.81. The van der Waals surface area contributed by atoms with E-state index in [1.54, 1.807) is 6.08 Å². The van der Waals surface area contributed by atoms with Crippen LogP contribution < -0.4 is 10.4 Å². The van der Waals surface area contributed by atoms with Gasteiger partial charge in [0.15, 0.2) is 0 Å². The van der Waals surface area contributed by atoms with E-state index in [4.69, 9.17) is 9.16 Å². The maximum absolute atomic E-state index is 14.7. The smallest absolute Gasteiger partial charge is 0.261 e. The Morgan fingerprint density at radius 1 is 0.818 bits per heavy atom. The molecule has 3 aromatic carbocycles. The molecule has 33 heavy (non-hydrogen) atoms. The topological polar surface area (TPSA) is 18.5 Å². The van der Waals surface area contributed by atoms with Crippen LogP contribution in [0.1, 0.15) is 32.8 Å². The monoisotopic (exact) mass is 460 g/mol. The first-order valence-corrected chi connectivity index (χ1v) is 13.6. The molecule has 1 aliphatic carbocycles. The summed E-state index contributed by atoms with van der Waals surface area (Å²) in [6, 6.07) is 31.1. The molecule has 3 aromatic rings. The van der Waals surface area contributed by atoms with Crippen molar-refractivity contribution in [2.75, 3.05) is 6.61 Å². The largest absolute Gasteiger partial charge is 0.407 e. The van der Waals surface area contributed by atoms with Gasteiger partial charge in [0.25, 0.3) is 8.32 Å². The third-order valence-corrected chi connectivity index (χ3v) is 11.4. The van der Waals surface area contributed by atoms with Crippen LogP contribution in [0.15, 0.2) is 103 Å². The summed E-state index contributed by atoms with van der Waals surface area (Å²) in [4.78, 5) is 0. The number of hydrogen-bond acceptors (Lipinski definition) is 2. The molecule has 0 aliphatic heterocycles. The third kappa shape index (κ3) is 5.19. The van der Waals surface area contributed by atoms with Crippen molar-refractivity contribution in [3.8, 4) is 0 Å². The fourth-order valence-corrected chi connectivity index (χ4v) is 9.44. The summed E-state index contributed by atoms with van der Waals surface area (Å²) >= 11 is 0. The van der Waals surface area contributed by atoms with Crippen LogP contribution in [-0.4, -0.2) is 21.0 Å². The lowest BCUT2D eigenvalue weighted by Gasteiger charge is -2.43. The molecule has 0 saturated carbocycles. The summed E-state index contributed by atoms with van der Waals surface area (Å²) in [6.45, 7) is 7.67. The Balaban J connectivity index is 1.53. The van der Waals surface area contributed by atoms with Crippen molar-refractivity contribution in [3.63, 3.8) is 0 Å². The van der Waals surface area contributed by atoms with Crippen LogP contribution in [0.25, 0.3) is 0 Å². The van der Waals surface area contributed by atoms with Crippen molar-refractivity contribution in [2.45, 2.75) is 44.9 Å². The minimum absolute atomic E-state index is 0.00702. The van der Waals surface area contributed by atoms with Crippen molar-refractivity contribution in [3.05, 3.63) is 108 Å². The Labute approximate surface area is 198 Å². The quantitative estimate of drug-likeness (QED) is 0.383. The molecule has 0 N–H and O–H groups in total. The van der Waals surface area contributed by atoms with Crippen LogP contribution in [0, 0.1) is 5.92 Å². The van der Waals surface area contributed by atoms with E-state index in [1.807, 2.05) is 42.5 Å². The predicted octanol–water partition coefficient (Wildman–Crippen LogP) is 6.02. The van der Waals surface area contributed by atoms with Crippen LogP contribution in [0.2, 0.25) is 5.04 Å². The molecule has 1 aliphatic rings. The highest BCUT2D eigenvalue weighted by Crippen LogP contribution is 2.38. The van der Waals surface area contributed by atoms with Gasteiger partial charge in [0.1, 0.15) is 11.9 Å². The lowest BCUT2D eigenvalue weighted by molar-refractivity contribution is 0.0443. The van der Waals surface area contributed by atoms with Gasteiger partial charge >= 0.3 is 0 Å². The summed E-state index contributed by atoms with van der Waals surface area (Å²) in [5.74, 6) is -0.186. The molecule has 0 radical (unpaired) electrons. The van der Waals surface area contributed by atoms with Crippen molar-refractivity contribution in [1.29, 1.82) is 0 Å². The maximum Gasteiger partial charge on any atom is 0.261 e. The number of halogens is 1. The zero-order valence-electron chi connectivity index (χ0n) is 19.7. The average Bonchev–Trinajstić information content (AvgIpc) is 3.18. The molecule has 2 nitrogen and oxygen atoms in total. The second-order valence-corrected chi connectivity index (χ2v) is 14.1. The molecular weight excluding hydrogens is 427 g/mol. The van der Waals surface area contributed by atoms with Gasteiger partial charge in [-0.3, -0.25) is 0 Å². The van der Waals surface area contributed by atoms with Crippen LogP contribution >= 0.6 is 0 Å². The van der Waals surface area contributed by atoms with E-state index < -0.39 is 14.4 Å². The zero-order chi connectivity index (χ0) is 23.3. The maximum atomic E-state index is 14.7. The zero-order valence-corrected chi connectivity index (χ0v) is 20.7. The fraction of sp³-hybridized carbons (Fsp3) is 0.310. The lowest BCUT2D eigenvalue weighted by Crippen LogP contribution is -2.66. The van der Waals surface area contributed by atoms with Gasteiger partial charge in [-0.15, -0.1) is 0 Å². The van der Waals surface area contributed by atoms with Crippen molar-refractivity contribution >= 4 is 18.7 Å². The van der Waals surface area contributed by atoms with Crippen molar-refractivity contribution in [2.24, 2.45) is 5.92 Å². The molecule has 0 amide bonds. The van der Waals surface area contributed by atoms with Crippen LogP contribution in [0.4, 0.5) is 4.39 Å². The summed E-state index contributed by atoms with van der Waals surface area (Å²) < 4.78 is 27.6. The first kappa shape index (κ1) is 23.6. The number of rotatable bonds is 8. The van der Waals surface area contributed by atoms with E-state index >= 15 is 0 Å². The molecule has 172 valence electrons. The fourth-order valence-electron chi connectivity index (χ4n) is 4.82. The first-order valence-electron chi connectivity index (χ1n) is 11.7. The van der Waals surface area contributed by atoms with Crippen LogP contribution in [0.5, 0.6) is 0 Å². The Kier molecular flexibility index (Phi) is 7.28. The summed E-state index contributed by atoms with van der Waals surface area (Å²) in [5, 5.41) is 2.38. The van der Waals surface area contributed by atoms with Gasteiger partial charge in [-0.1, -0.05) is 112 Å². The standard InChI is InChI=1S/C29H33FO2Si/c1-29(2,3)33(25-15-9-5-10-16-25,26-17-11-6-12-18-26)32-22-24-19-27(30)28(20-24)31-21-23-13-7-4-8-14-23/h4-19,24,28H,20-22H2,1-3H3/t24-,28+/m1/s1. The molecule has 0 heterocycles. The summed E-state index contributed by atoms with van der Waals surface area (Å²) in [5.41, 5.74) is 1.05. The Morgan fingerprint density at radius 2 is 1.33 bits per heavy atom. The van der Waals surface area contributed by atoms with Gasteiger partial charge in [-0.05, 0) is 33.5 Å². The number of hydrogen-bond donors (Lipinski definition) is 0. The third-order valence-electron chi connectivity index (χ3n) is 6.44. The van der Waals surface area contributed by atoms with Gasteiger partial charge < -0.3 is 9.16 Å². The minimum atomic E-state index is -2.62. The molecule has 0 fully saturated rings. The lowest BCUT2D eigenvalue weighted by atomic mass is 10.1. The molecule has 0 saturated heterocycles. The number of benzene rings is 3. The highest BCUT2D eigenvalue weighted by atomic mass is 28.4. The molecule has 0 unspecified atom stereocenters. The van der Waals surface area contributed by atoms with Gasteiger partial charge in [-0.25, -0.2) is 4.39 Å². The van der Waals surface area contributed by atoms with E-state index in [-0.39, 0.29) is 16.8 Å². The predicted molar refractivity (Wildman–Crippen MR) is 136 cm³/mol. The van der Waals surface area contributed by atoms with Gasteiger partial charge in [-0.2, -0.15) is 0 Å². The minimum Gasteiger partial charge on any atom is -0.407 e. The molecule has 2 atom stereocenters. The Morgan fingerprint density at radius 3 is 1.85 bits per heavy atom. The molecule has 0 bridgehead atoms. The SMILES string of the molecule is CC(C)(C)[Si](OC[C@@H]1C=C(F)[C@@H](OCc2ccccc2)C1)(c1ccccc1)c1ccccc1. The van der Waals surface area contributed by atoms with Crippen molar-refractivity contribution in [1.82, 2.24) is 0 Å². The summed E-state index contributed by atoms with van der Waals surface area (Å²) in [6.07, 6.45) is 1.81. The van der Waals surface area contributed by atoms with E-state index in [0.717, 1.165) is 5.56 Å². The molecule has 0 aromatic heterocycles. The molecular formula is C29H33FO2Si. The van der Waals surface area contributed by atoms with E-state index in [2.05, 4.69) is 69.3 Å². The highest BCUT2D eigenvalue weighted by Gasteiger charge is 2.50. The van der Waals surface area contributed by atoms with Crippen molar-refractivity contribution < 1.29 is 13.6 Å². The molecule has 0 spiro atoms. The van der Waals surface area contributed by atoms with E-state index in [0.29, 0.717) is 19.6 Å². The van der Waals surface area contributed by atoms with E-state index in [1.165, 1.54) is 10.4 Å². The van der Waals surface area contributed by atoms with Crippen LogP contribution in [0.3, 0.4) is 0 Å². The summed E-state index contributed by atoms with van der Waals surface area (Å²) in [7, 11) is -2.62. The molecule has 4 rings (SSSR count). The van der Waals surface area contributed by atoms with Crippen LogP contribution in [-0.2, 0) is 15.8 Å². The van der Waals surface area contributed by atoms with E-state index in [9.17, 15) is 4.39 Å². The normalized spacial score (nSPS) is 18.8. The Bertz CT molecular complexity index is 1010. The average molecular weight is 461 g/mol. The van der Waals surface area contributed by atoms with Gasteiger partial charge in [0.05, 0.1) is 6.61 Å². The Hall–Kier alpha value is -2.53. The van der Waals surface area contributed by atoms with Gasteiger partial charge in [0.2, 0.25) is 0 Å². The second kappa shape index (κ2) is 10.2. The van der Waals surface area contributed by atoms with Gasteiger partial charge in [0, 0.05) is 12.5 Å².